The molecule has 0 spiro atoms. The zero-order valence-electron chi connectivity index (χ0n) is 16.4. The Morgan fingerprint density at radius 3 is 2.85 bits per heavy atom. The van der Waals surface area contributed by atoms with E-state index >= 15 is 0 Å². The van der Waals surface area contributed by atoms with E-state index in [1.54, 1.807) is 23.6 Å². The van der Waals surface area contributed by atoms with Crippen LogP contribution in [0.3, 0.4) is 0 Å². The summed E-state index contributed by atoms with van der Waals surface area (Å²) in [5, 5.41) is 5.75. The summed E-state index contributed by atoms with van der Waals surface area (Å²) < 4.78 is 0. The molecule has 0 saturated heterocycles. The van der Waals surface area contributed by atoms with Crippen molar-refractivity contribution in [2.75, 3.05) is 0 Å². The van der Waals surface area contributed by atoms with Crippen LogP contribution >= 0.6 is 11.3 Å². The average molecular weight is 382 g/mol. The van der Waals surface area contributed by atoms with Crippen LogP contribution in [0.1, 0.15) is 49.9 Å². The van der Waals surface area contributed by atoms with Crippen molar-refractivity contribution in [3.8, 4) is 11.3 Å². The van der Waals surface area contributed by atoms with Crippen molar-refractivity contribution in [2.45, 2.75) is 40.5 Å². The number of hydrogen-bond acceptors (Lipinski definition) is 3. The molecular weight excluding hydrogens is 354 g/mol. The van der Waals surface area contributed by atoms with Crippen LogP contribution in [-0.4, -0.2) is 16.4 Å². The van der Waals surface area contributed by atoms with Gasteiger partial charge in [-0.05, 0) is 43.9 Å². The van der Waals surface area contributed by atoms with Gasteiger partial charge in [0.05, 0.1) is 5.69 Å². The van der Waals surface area contributed by atoms with Gasteiger partial charge in [-0.3, -0.25) is 4.79 Å². The maximum atomic E-state index is 10.6. The maximum Gasteiger partial charge on any atom is 0.211 e. The third-order valence-electron chi connectivity index (χ3n) is 4.52. The molecule has 0 bridgehead atoms. The third-order valence-corrected chi connectivity index (χ3v) is 5.48. The first-order chi connectivity index (χ1) is 13.0. The van der Waals surface area contributed by atoms with Crippen LogP contribution < -0.4 is 5.32 Å². The number of carbonyl (C=O) groups excluding carboxylic acids is 1. The molecule has 0 aromatic carbocycles. The van der Waals surface area contributed by atoms with E-state index < -0.39 is 0 Å². The Morgan fingerprint density at radius 1 is 1.41 bits per heavy atom. The molecule has 0 aliphatic carbocycles. The summed E-state index contributed by atoms with van der Waals surface area (Å²) in [6, 6.07) is 0. The fourth-order valence-corrected chi connectivity index (χ4v) is 3.76. The summed E-state index contributed by atoms with van der Waals surface area (Å²) in [4.78, 5) is 18.8. The molecule has 2 heterocycles. The van der Waals surface area contributed by atoms with Crippen LogP contribution in [0.2, 0.25) is 0 Å². The number of allylic oxidation sites excluding steroid dienone is 5. The highest BCUT2D eigenvalue weighted by atomic mass is 32.1. The Kier molecular flexibility index (Phi) is 7.55. The largest absolute Gasteiger partial charge is 0.364 e. The van der Waals surface area contributed by atoms with Crippen LogP contribution in [0.5, 0.6) is 0 Å². The number of aromatic amines is 1. The average Bonchev–Trinajstić information content (AvgIpc) is 3.29. The normalized spacial score (nSPS) is 13.0. The second-order valence-electron chi connectivity index (χ2n) is 6.33. The lowest BCUT2D eigenvalue weighted by molar-refractivity contribution is -0.108. The van der Waals surface area contributed by atoms with Crippen molar-refractivity contribution < 1.29 is 4.79 Å². The van der Waals surface area contributed by atoms with Gasteiger partial charge in [0.25, 0.3) is 0 Å². The van der Waals surface area contributed by atoms with Crippen molar-refractivity contribution in [2.24, 2.45) is 0 Å². The fourth-order valence-electron chi connectivity index (χ4n) is 2.87. The van der Waals surface area contributed by atoms with Crippen LogP contribution in [0, 0.1) is 6.92 Å². The lowest BCUT2D eigenvalue weighted by Crippen LogP contribution is -2.03. The second-order valence-corrected chi connectivity index (χ2v) is 7.19. The van der Waals surface area contributed by atoms with E-state index in [2.05, 4.69) is 50.0 Å². The first kappa shape index (κ1) is 20.6. The molecule has 1 amide bonds. The molecule has 0 atom stereocenters. The van der Waals surface area contributed by atoms with Gasteiger partial charge in [0.1, 0.15) is 5.01 Å². The highest BCUT2D eigenvalue weighted by molar-refractivity contribution is 7.11. The van der Waals surface area contributed by atoms with Gasteiger partial charge in [-0.25, -0.2) is 4.98 Å². The SMILES string of the molecule is C=C/C=C\c1c(-c2csc(/C(C)=C(C)/C(=C\NC=O)CCC)n2)c[nH]c1C. The van der Waals surface area contributed by atoms with E-state index in [1.165, 1.54) is 0 Å². The summed E-state index contributed by atoms with van der Waals surface area (Å²) in [6.45, 7) is 12.1. The van der Waals surface area contributed by atoms with Crippen LogP contribution in [0.4, 0.5) is 0 Å². The number of thiazole rings is 1. The van der Waals surface area contributed by atoms with Crippen molar-refractivity contribution in [1.29, 1.82) is 0 Å². The molecular formula is C22H27N3OS. The van der Waals surface area contributed by atoms with Crippen molar-refractivity contribution in [3.63, 3.8) is 0 Å². The zero-order valence-corrected chi connectivity index (χ0v) is 17.2. The standard InChI is InChI=1S/C22H27N3OS/c1-6-8-10-19-17(5)24-12-20(19)21-13-27-22(25-21)16(4)15(3)18(9-7-2)11-23-14-26/h6,8,10-14,24H,1,7,9H2,2-5H3,(H,23,26)/b10-8-,16-15+,18-11-. The third kappa shape index (κ3) is 4.95. The number of hydrogen-bond donors (Lipinski definition) is 2. The molecule has 2 rings (SSSR count). The van der Waals surface area contributed by atoms with Crippen molar-refractivity contribution in [1.82, 2.24) is 15.3 Å². The number of carbonyl (C=O) groups is 1. The second kappa shape index (κ2) is 9.88. The minimum Gasteiger partial charge on any atom is -0.364 e. The highest BCUT2D eigenvalue weighted by Gasteiger charge is 2.14. The monoisotopic (exact) mass is 381 g/mol. The highest BCUT2D eigenvalue weighted by Crippen LogP contribution is 2.33. The predicted molar refractivity (Wildman–Crippen MR) is 116 cm³/mol. The van der Waals surface area contributed by atoms with Gasteiger partial charge >= 0.3 is 0 Å². The molecule has 0 unspecified atom stereocenters. The van der Waals surface area contributed by atoms with Crippen molar-refractivity contribution in [3.05, 3.63) is 63.9 Å². The Labute approximate surface area is 165 Å². The molecule has 0 aliphatic heterocycles. The summed E-state index contributed by atoms with van der Waals surface area (Å²) >= 11 is 1.64. The van der Waals surface area contributed by atoms with Crippen LogP contribution in [-0.2, 0) is 4.79 Å². The first-order valence-corrected chi connectivity index (χ1v) is 9.91. The summed E-state index contributed by atoms with van der Waals surface area (Å²) in [5.74, 6) is 0. The van der Waals surface area contributed by atoms with Crippen LogP contribution in [0.25, 0.3) is 22.9 Å². The van der Waals surface area contributed by atoms with E-state index in [9.17, 15) is 4.79 Å². The van der Waals surface area contributed by atoms with Gasteiger partial charge in [-0.1, -0.05) is 38.2 Å². The molecule has 2 aromatic rings. The molecule has 2 aromatic heterocycles. The van der Waals surface area contributed by atoms with Gasteiger partial charge in [0.2, 0.25) is 6.41 Å². The number of H-pyrrole nitrogens is 1. The van der Waals surface area contributed by atoms with E-state index in [-0.39, 0.29) is 0 Å². The smallest absolute Gasteiger partial charge is 0.211 e. The summed E-state index contributed by atoms with van der Waals surface area (Å²) in [7, 11) is 0. The number of nitrogens with zero attached hydrogens (tertiary/aromatic N) is 1. The zero-order chi connectivity index (χ0) is 19.8. The van der Waals surface area contributed by atoms with Gasteiger partial charge in [-0.2, -0.15) is 0 Å². The molecule has 142 valence electrons. The van der Waals surface area contributed by atoms with E-state index in [0.717, 1.165) is 57.1 Å². The molecule has 4 nitrogen and oxygen atoms in total. The number of rotatable bonds is 9. The molecule has 5 heteroatoms. The van der Waals surface area contributed by atoms with Crippen molar-refractivity contribution >= 4 is 29.4 Å². The topological polar surface area (TPSA) is 57.8 Å². The summed E-state index contributed by atoms with van der Waals surface area (Å²) in [6.07, 6.45) is 12.2. The molecule has 0 fully saturated rings. The van der Waals surface area contributed by atoms with Crippen LogP contribution in [0.15, 0.2) is 47.7 Å². The predicted octanol–water partition coefficient (Wildman–Crippen LogP) is 5.87. The minimum atomic E-state index is 0.701. The molecule has 2 N–H and O–H groups in total. The number of amides is 1. The fraction of sp³-hybridized carbons (Fsp3) is 0.273. The van der Waals surface area contributed by atoms with E-state index in [1.807, 2.05) is 18.3 Å². The van der Waals surface area contributed by atoms with E-state index in [0.29, 0.717) is 6.41 Å². The number of aryl methyl sites for hydroxylation is 1. The molecule has 0 saturated carbocycles. The first-order valence-electron chi connectivity index (χ1n) is 9.03. The Hall–Kier alpha value is -2.66. The summed E-state index contributed by atoms with van der Waals surface area (Å²) in [5.41, 5.74) is 7.71. The minimum absolute atomic E-state index is 0.701. The lowest BCUT2D eigenvalue weighted by Gasteiger charge is -2.10. The quantitative estimate of drug-likeness (QED) is 0.421. The van der Waals surface area contributed by atoms with Gasteiger partial charge in [0.15, 0.2) is 0 Å². The number of aromatic nitrogens is 2. The van der Waals surface area contributed by atoms with Gasteiger partial charge in [0, 0.05) is 34.6 Å². The Balaban J connectivity index is 2.41. The maximum absolute atomic E-state index is 10.6. The Morgan fingerprint density at radius 2 is 2.19 bits per heavy atom. The Bertz CT molecular complexity index is 897. The van der Waals surface area contributed by atoms with Gasteiger partial charge in [-0.15, -0.1) is 11.3 Å². The number of nitrogens with one attached hydrogen (secondary N) is 2. The molecule has 0 radical (unpaired) electrons. The lowest BCUT2D eigenvalue weighted by atomic mass is 9.99. The molecule has 0 aliphatic rings. The van der Waals surface area contributed by atoms with E-state index in [4.69, 9.17) is 4.98 Å². The molecule has 27 heavy (non-hydrogen) atoms. The van der Waals surface area contributed by atoms with Gasteiger partial charge < -0.3 is 10.3 Å².